The lowest BCUT2D eigenvalue weighted by Gasteiger charge is -2.15. The van der Waals surface area contributed by atoms with Crippen LogP contribution in [0.2, 0.25) is 0 Å². The molecule has 1 atom stereocenters. The molecule has 0 fully saturated rings. The summed E-state index contributed by atoms with van der Waals surface area (Å²) in [5.74, 6) is 0.223. The second kappa shape index (κ2) is 6.31. The third-order valence-electron chi connectivity index (χ3n) is 3.14. The van der Waals surface area contributed by atoms with Crippen LogP contribution in [0, 0.1) is 0 Å². The third-order valence-corrected chi connectivity index (χ3v) is 3.14. The number of nitrogens with one attached hydrogen (secondary N) is 2. The second-order valence-corrected chi connectivity index (χ2v) is 4.75. The molecule has 23 heavy (non-hydrogen) atoms. The first-order valence-electron chi connectivity index (χ1n) is 9.33. The van der Waals surface area contributed by atoms with Crippen LogP contribution in [0.25, 0.3) is 5.82 Å². The van der Waals surface area contributed by atoms with Crippen LogP contribution in [0.5, 0.6) is 0 Å². The van der Waals surface area contributed by atoms with E-state index in [0.717, 1.165) is 10.6 Å². The van der Waals surface area contributed by atoms with E-state index in [1.54, 1.807) is 19.1 Å². The third kappa shape index (κ3) is 3.21. The fraction of sp³-hybridized carbons (Fsp3) is 0.118. The van der Waals surface area contributed by atoms with Crippen molar-refractivity contribution in [1.29, 1.82) is 0 Å². The second-order valence-electron chi connectivity index (χ2n) is 4.75. The summed E-state index contributed by atoms with van der Waals surface area (Å²) in [6.07, 6.45) is 1.45. The lowest BCUT2D eigenvalue weighted by molar-refractivity contribution is 0.822. The van der Waals surface area contributed by atoms with E-state index in [4.69, 9.17) is 6.85 Å². The first-order chi connectivity index (χ1) is 13.2. The molecule has 0 bridgehead atoms. The number of anilines is 1. The maximum Gasteiger partial charge on any atom is 0.335 e. The zero-order chi connectivity index (χ0) is 20.6. The Bertz CT molecular complexity index is 1100. The molecule has 0 spiro atoms. The van der Waals surface area contributed by atoms with Crippen LogP contribution in [0.1, 0.15) is 25.4 Å². The summed E-state index contributed by atoms with van der Waals surface area (Å²) >= 11 is 0. The number of rotatable bonds is 4. The molecule has 0 saturated heterocycles. The molecule has 6 nitrogen and oxygen atoms in total. The van der Waals surface area contributed by atoms with Crippen molar-refractivity contribution in [2.45, 2.75) is 13.0 Å². The van der Waals surface area contributed by atoms with Crippen LogP contribution in [-0.2, 0) is 0 Å². The SMILES string of the molecule is [2H]c1c([2H])c([2H])c([C@H](C)Nc2cc(=O)n(-c3ccccn3)c(=O)[nH]2)c([2H])c1[2H]. The zero-order valence-electron chi connectivity index (χ0n) is 17.2. The number of benzene rings is 1. The van der Waals surface area contributed by atoms with Crippen molar-refractivity contribution >= 4 is 5.82 Å². The topological polar surface area (TPSA) is 79.8 Å². The molecule has 0 aliphatic carbocycles. The van der Waals surface area contributed by atoms with E-state index >= 15 is 0 Å². The van der Waals surface area contributed by atoms with Crippen molar-refractivity contribution in [1.82, 2.24) is 14.5 Å². The van der Waals surface area contributed by atoms with Gasteiger partial charge in [-0.1, -0.05) is 36.3 Å². The molecular weight excluding hydrogens is 292 g/mol. The van der Waals surface area contributed by atoms with E-state index in [9.17, 15) is 9.59 Å². The predicted octanol–water partition coefficient (Wildman–Crippen LogP) is 2.09. The summed E-state index contributed by atoms with van der Waals surface area (Å²) in [6, 6.07) is 3.08. The molecule has 0 radical (unpaired) electrons. The van der Waals surface area contributed by atoms with E-state index in [1.807, 2.05) is 0 Å². The summed E-state index contributed by atoms with van der Waals surface area (Å²) < 4.78 is 40.0. The van der Waals surface area contributed by atoms with Gasteiger partial charge in [-0.15, -0.1) is 0 Å². The summed E-state index contributed by atoms with van der Waals surface area (Å²) in [4.78, 5) is 31.2. The summed E-state index contributed by atoms with van der Waals surface area (Å²) in [5.41, 5.74) is -1.32. The van der Waals surface area contributed by atoms with Crippen molar-refractivity contribution in [2.24, 2.45) is 0 Å². The van der Waals surface area contributed by atoms with Gasteiger partial charge < -0.3 is 5.32 Å². The van der Waals surface area contributed by atoms with Gasteiger partial charge in [-0.3, -0.25) is 9.78 Å². The van der Waals surface area contributed by atoms with Gasteiger partial charge >= 0.3 is 5.69 Å². The minimum Gasteiger partial charge on any atom is -0.365 e. The minimum atomic E-state index is -0.769. The van der Waals surface area contributed by atoms with Gasteiger partial charge in [-0.2, -0.15) is 0 Å². The number of H-pyrrole nitrogens is 1. The first kappa shape index (κ1) is 9.78. The van der Waals surface area contributed by atoms with Crippen molar-refractivity contribution < 1.29 is 6.85 Å². The average molecular weight is 313 g/mol. The van der Waals surface area contributed by atoms with Crippen LogP contribution in [0.15, 0.2) is 70.3 Å². The molecule has 116 valence electrons. The lowest BCUT2D eigenvalue weighted by Crippen LogP contribution is -2.34. The number of hydrogen-bond acceptors (Lipinski definition) is 4. The van der Waals surface area contributed by atoms with Crippen molar-refractivity contribution in [2.75, 3.05) is 5.32 Å². The van der Waals surface area contributed by atoms with E-state index in [2.05, 4.69) is 15.3 Å². The van der Waals surface area contributed by atoms with Crippen molar-refractivity contribution in [3.05, 3.63) is 87.1 Å². The van der Waals surface area contributed by atoms with Gasteiger partial charge in [0.2, 0.25) is 0 Å². The Morgan fingerprint density at radius 3 is 2.70 bits per heavy atom. The zero-order valence-corrected chi connectivity index (χ0v) is 12.2. The molecule has 0 saturated carbocycles. The quantitative estimate of drug-likeness (QED) is 0.773. The Labute approximate surface area is 139 Å². The predicted molar refractivity (Wildman–Crippen MR) is 88.9 cm³/mol. The Morgan fingerprint density at radius 2 is 2.04 bits per heavy atom. The summed E-state index contributed by atoms with van der Waals surface area (Å²) in [6.45, 7) is 1.57. The molecule has 3 rings (SSSR count). The van der Waals surface area contributed by atoms with E-state index < -0.39 is 35.4 Å². The van der Waals surface area contributed by atoms with Crippen molar-refractivity contribution in [3.63, 3.8) is 0 Å². The molecule has 3 aromatic rings. The Balaban J connectivity index is 2.00. The van der Waals surface area contributed by atoms with Crippen molar-refractivity contribution in [3.8, 4) is 5.82 Å². The Morgan fingerprint density at radius 1 is 1.26 bits per heavy atom. The maximum absolute atomic E-state index is 12.4. The monoisotopic (exact) mass is 313 g/mol. The maximum atomic E-state index is 12.4. The van der Waals surface area contributed by atoms with Crippen LogP contribution in [0.4, 0.5) is 5.82 Å². The molecule has 0 amide bonds. The Hall–Kier alpha value is -3.15. The van der Waals surface area contributed by atoms with Gasteiger partial charge in [0, 0.05) is 18.3 Å². The van der Waals surface area contributed by atoms with E-state index in [0.29, 0.717) is 0 Å². The van der Waals surface area contributed by atoms with Gasteiger partial charge in [-0.25, -0.2) is 14.3 Å². The lowest BCUT2D eigenvalue weighted by atomic mass is 10.1. The van der Waals surface area contributed by atoms with Gasteiger partial charge in [0.25, 0.3) is 5.56 Å². The summed E-state index contributed by atoms with van der Waals surface area (Å²) in [7, 11) is 0. The highest BCUT2D eigenvalue weighted by Gasteiger charge is 2.10. The molecule has 2 N–H and O–H groups in total. The smallest absolute Gasteiger partial charge is 0.335 e. The number of aromatic nitrogens is 3. The normalized spacial score (nSPS) is 14.9. The van der Waals surface area contributed by atoms with Gasteiger partial charge in [0.15, 0.2) is 0 Å². The van der Waals surface area contributed by atoms with Gasteiger partial charge in [-0.05, 0) is 24.6 Å². The highest BCUT2D eigenvalue weighted by Crippen LogP contribution is 2.15. The van der Waals surface area contributed by atoms with Gasteiger partial charge in [0.05, 0.1) is 6.85 Å². The molecular formula is C17H16N4O2. The highest BCUT2D eigenvalue weighted by atomic mass is 16.2. The molecule has 1 aromatic carbocycles. The number of pyridine rings is 1. The molecule has 0 aliphatic rings. The first-order valence-corrected chi connectivity index (χ1v) is 6.83. The van der Waals surface area contributed by atoms with E-state index in [1.165, 1.54) is 12.3 Å². The summed E-state index contributed by atoms with van der Waals surface area (Å²) in [5, 5.41) is 2.82. The molecule has 6 heteroatoms. The van der Waals surface area contributed by atoms with Crippen LogP contribution < -0.4 is 16.6 Å². The largest absolute Gasteiger partial charge is 0.365 e. The number of aromatic amines is 1. The molecule has 0 unspecified atom stereocenters. The fourth-order valence-electron chi connectivity index (χ4n) is 2.06. The van der Waals surface area contributed by atoms with Crippen LogP contribution in [0.3, 0.4) is 0 Å². The number of nitrogens with zero attached hydrogens (tertiary/aromatic N) is 2. The molecule has 0 aliphatic heterocycles. The molecule has 2 aromatic heterocycles. The minimum absolute atomic E-state index is 0.0285. The number of hydrogen-bond donors (Lipinski definition) is 2. The average Bonchev–Trinajstić information content (AvgIpc) is 2.65. The van der Waals surface area contributed by atoms with Crippen LogP contribution in [-0.4, -0.2) is 14.5 Å². The standard InChI is InChI=1S/C17H16N4O2/c1-12(13-7-3-2-4-8-13)19-14-11-16(22)21(17(23)20-14)15-9-5-6-10-18-15/h2-12,19H,1H3,(H,20,23)/t12-/m0/s1/i2D,3D,4D,7D,8D. The van der Waals surface area contributed by atoms with E-state index in [-0.39, 0.29) is 29.3 Å². The van der Waals surface area contributed by atoms with Gasteiger partial charge in [0.1, 0.15) is 11.6 Å². The highest BCUT2D eigenvalue weighted by molar-refractivity contribution is 5.37. The fourth-order valence-corrected chi connectivity index (χ4v) is 2.06. The molecule has 2 heterocycles. The van der Waals surface area contributed by atoms with Crippen LogP contribution >= 0.6 is 0 Å². The Kier molecular flexibility index (Phi) is 2.68.